The summed E-state index contributed by atoms with van der Waals surface area (Å²) in [6, 6.07) is 7.88. The van der Waals surface area contributed by atoms with Crippen LogP contribution in [-0.2, 0) is 0 Å². The normalized spacial score (nSPS) is 17.4. The summed E-state index contributed by atoms with van der Waals surface area (Å²) in [5, 5.41) is 2.90. The van der Waals surface area contributed by atoms with Crippen molar-refractivity contribution in [3.63, 3.8) is 0 Å². The van der Waals surface area contributed by atoms with Crippen molar-refractivity contribution in [2.45, 2.75) is 19.4 Å². The van der Waals surface area contributed by atoms with Gasteiger partial charge in [-0.1, -0.05) is 0 Å². The number of aromatic nitrogens is 4. The number of rotatable bonds is 2. The number of fused-ring (bicyclic) bond motifs is 4. The molecular weight excluding hydrogens is 354 g/mol. The lowest BCUT2D eigenvalue weighted by Gasteiger charge is -2.35. The second-order valence-electron chi connectivity index (χ2n) is 7.04. The van der Waals surface area contributed by atoms with Crippen molar-refractivity contribution in [3.8, 4) is 11.3 Å². The monoisotopic (exact) mass is 373 g/mol. The molecule has 1 fully saturated rings. The molecule has 5 rings (SSSR count). The number of nitrogens with one attached hydrogen (secondary N) is 1. The molecule has 0 unspecified atom stereocenters. The third-order valence-electron chi connectivity index (χ3n) is 5.17. The van der Waals surface area contributed by atoms with Gasteiger partial charge in [-0.25, -0.2) is 19.7 Å². The molecule has 28 heavy (non-hydrogen) atoms. The van der Waals surface area contributed by atoms with Crippen LogP contribution in [0.25, 0.3) is 11.3 Å². The zero-order chi connectivity index (χ0) is 19.1. The Hall–Kier alpha value is -3.55. The molecular formula is C20H19N7O. The predicted molar refractivity (Wildman–Crippen MR) is 106 cm³/mol. The maximum Gasteiger partial charge on any atom is 0.327 e. The van der Waals surface area contributed by atoms with Gasteiger partial charge in [0.1, 0.15) is 6.33 Å². The summed E-state index contributed by atoms with van der Waals surface area (Å²) in [5.74, 6) is 0.690. The van der Waals surface area contributed by atoms with Gasteiger partial charge in [0, 0.05) is 30.5 Å². The smallest absolute Gasteiger partial charge is 0.327 e. The molecule has 1 saturated heterocycles. The molecule has 8 heteroatoms. The molecule has 5 heterocycles. The Labute approximate surface area is 162 Å². The first-order valence-corrected chi connectivity index (χ1v) is 9.23. The third kappa shape index (κ3) is 2.83. The molecule has 1 atom stereocenters. The average molecular weight is 373 g/mol. The van der Waals surface area contributed by atoms with E-state index in [0.717, 1.165) is 42.1 Å². The molecule has 1 N–H and O–H groups in total. The molecule has 0 saturated carbocycles. The minimum Gasteiger partial charge on any atom is -0.366 e. The van der Waals surface area contributed by atoms with E-state index in [4.69, 9.17) is 4.98 Å². The van der Waals surface area contributed by atoms with Crippen LogP contribution in [0, 0.1) is 6.92 Å². The highest BCUT2D eigenvalue weighted by molar-refractivity contribution is 6.04. The van der Waals surface area contributed by atoms with Gasteiger partial charge in [0.15, 0.2) is 5.82 Å². The van der Waals surface area contributed by atoms with Crippen molar-refractivity contribution in [1.82, 2.24) is 19.9 Å². The van der Waals surface area contributed by atoms with Crippen molar-refractivity contribution in [3.05, 3.63) is 54.9 Å². The lowest BCUT2D eigenvalue weighted by molar-refractivity contribution is 0.255. The molecule has 8 nitrogen and oxygen atoms in total. The molecule has 0 aliphatic carbocycles. The van der Waals surface area contributed by atoms with Crippen molar-refractivity contribution >= 4 is 23.2 Å². The Morgan fingerprint density at radius 2 is 2.07 bits per heavy atom. The molecule has 0 aromatic carbocycles. The van der Waals surface area contributed by atoms with Crippen LogP contribution >= 0.6 is 0 Å². The molecule has 0 spiro atoms. The Morgan fingerprint density at radius 3 is 2.89 bits per heavy atom. The van der Waals surface area contributed by atoms with E-state index in [1.807, 2.05) is 25.1 Å². The summed E-state index contributed by atoms with van der Waals surface area (Å²) in [6.07, 6.45) is 7.30. The minimum absolute atomic E-state index is 0.0963. The molecule has 2 amide bonds. The third-order valence-corrected chi connectivity index (χ3v) is 5.17. The fourth-order valence-electron chi connectivity index (χ4n) is 3.88. The number of carbonyl (C=O) groups excluding carboxylic acids is 1. The Balaban J connectivity index is 1.54. The standard InChI is InChI=1S/C20H19N7O/c1-13-8-14(4-6-23-13)17-2-3-18-19(25-17)27(16-5-7-26(18)11-16)20(28)24-15-9-21-12-22-10-15/h2-4,6,8-10,12,16H,5,7,11H2,1H3,(H,24,28)/t16-/m0/s1. The van der Waals surface area contributed by atoms with Gasteiger partial charge >= 0.3 is 6.03 Å². The van der Waals surface area contributed by atoms with Gasteiger partial charge in [-0.15, -0.1) is 0 Å². The molecule has 2 aliphatic rings. The van der Waals surface area contributed by atoms with E-state index in [1.54, 1.807) is 23.5 Å². The Kier molecular flexibility index (Phi) is 3.89. The van der Waals surface area contributed by atoms with Gasteiger partial charge in [-0.05, 0) is 37.6 Å². The zero-order valence-electron chi connectivity index (χ0n) is 15.4. The van der Waals surface area contributed by atoms with Crippen molar-refractivity contribution < 1.29 is 4.79 Å². The summed E-state index contributed by atoms with van der Waals surface area (Å²) in [7, 11) is 0. The van der Waals surface area contributed by atoms with Crippen LogP contribution in [0.15, 0.2) is 49.2 Å². The summed E-state index contributed by atoms with van der Waals surface area (Å²) in [5.41, 5.74) is 4.30. The molecule has 0 radical (unpaired) electrons. The fraction of sp³-hybridized carbons (Fsp3) is 0.250. The van der Waals surface area contributed by atoms with Crippen LogP contribution in [0.1, 0.15) is 12.1 Å². The van der Waals surface area contributed by atoms with Crippen LogP contribution in [0.2, 0.25) is 0 Å². The lowest BCUT2D eigenvalue weighted by atomic mass is 10.1. The maximum absolute atomic E-state index is 13.1. The van der Waals surface area contributed by atoms with Gasteiger partial charge < -0.3 is 10.2 Å². The number of pyridine rings is 2. The van der Waals surface area contributed by atoms with E-state index in [0.29, 0.717) is 11.5 Å². The fourth-order valence-corrected chi connectivity index (χ4v) is 3.88. The van der Waals surface area contributed by atoms with Crippen molar-refractivity contribution in [1.29, 1.82) is 0 Å². The van der Waals surface area contributed by atoms with E-state index >= 15 is 0 Å². The Bertz CT molecular complexity index is 1040. The number of carbonyl (C=O) groups is 1. The van der Waals surface area contributed by atoms with E-state index < -0.39 is 0 Å². The van der Waals surface area contributed by atoms with E-state index in [1.165, 1.54) is 6.33 Å². The molecule has 3 aromatic rings. The number of hydrogen-bond acceptors (Lipinski definition) is 6. The highest BCUT2D eigenvalue weighted by Gasteiger charge is 2.40. The van der Waals surface area contributed by atoms with Crippen molar-refractivity contribution in [2.24, 2.45) is 0 Å². The summed E-state index contributed by atoms with van der Waals surface area (Å²) in [4.78, 5) is 34.2. The number of aryl methyl sites for hydroxylation is 1. The molecule has 3 aromatic heterocycles. The highest BCUT2D eigenvalue weighted by atomic mass is 16.2. The van der Waals surface area contributed by atoms with Crippen LogP contribution in [0.4, 0.5) is 22.0 Å². The SMILES string of the molecule is Cc1cc(-c2ccc3c(n2)N(C(=O)Nc2cncnc2)[C@H]2CCN3C2)ccn1. The number of hydrogen-bond donors (Lipinski definition) is 1. The number of amides is 2. The first-order valence-electron chi connectivity index (χ1n) is 9.23. The zero-order valence-corrected chi connectivity index (χ0v) is 15.4. The van der Waals surface area contributed by atoms with Gasteiger partial charge in [0.25, 0.3) is 0 Å². The van der Waals surface area contributed by atoms with E-state index in [9.17, 15) is 4.79 Å². The second kappa shape index (κ2) is 6.56. The predicted octanol–water partition coefficient (Wildman–Crippen LogP) is 2.87. The lowest BCUT2D eigenvalue weighted by Crippen LogP contribution is -2.48. The average Bonchev–Trinajstić information content (AvgIpc) is 3.13. The van der Waals surface area contributed by atoms with Crippen LogP contribution < -0.4 is 15.1 Å². The van der Waals surface area contributed by atoms with E-state index in [2.05, 4.69) is 31.2 Å². The second-order valence-corrected chi connectivity index (χ2v) is 7.04. The quantitative estimate of drug-likeness (QED) is 0.743. The summed E-state index contributed by atoms with van der Waals surface area (Å²) >= 11 is 0. The summed E-state index contributed by atoms with van der Waals surface area (Å²) < 4.78 is 0. The van der Waals surface area contributed by atoms with E-state index in [-0.39, 0.29) is 12.1 Å². The number of urea groups is 1. The highest BCUT2D eigenvalue weighted by Crippen LogP contribution is 2.40. The minimum atomic E-state index is -0.210. The molecule has 2 bridgehead atoms. The topological polar surface area (TPSA) is 87.1 Å². The Morgan fingerprint density at radius 1 is 1.21 bits per heavy atom. The van der Waals surface area contributed by atoms with Crippen molar-refractivity contribution in [2.75, 3.05) is 28.2 Å². The van der Waals surface area contributed by atoms with Crippen LogP contribution in [0.3, 0.4) is 0 Å². The van der Waals surface area contributed by atoms with Crippen LogP contribution in [-0.4, -0.2) is 45.1 Å². The summed E-state index contributed by atoms with van der Waals surface area (Å²) in [6.45, 7) is 3.70. The molecule has 2 aliphatic heterocycles. The van der Waals surface area contributed by atoms with Gasteiger partial charge in [-0.2, -0.15) is 0 Å². The first-order chi connectivity index (χ1) is 13.7. The first kappa shape index (κ1) is 16.6. The van der Waals surface area contributed by atoms with Gasteiger partial charge in [-0.3, -0.25) is 9.88 Å². The van der Waals surface area contributed by atoms with Gasteiger partial charge in [0.2, 0.25) is 0 Å². The largest absolute Gasteiger partial charge is 0.366 e. The number of anilines is 3. The maximum atomic E-state index is 13.1. The molecule has 140 valence electrons. The van der Waals surface area contributed by atoms with Gasteiger partial charge in [0.05, 0.1) is 35.5 Å². The number of nitrogens with zero attached hydrogens (tertiary/aromatic N) is 6. The van der Waals surface area contributed by atoms with Crippen LogP contribution in [0.5, 0.6) is 0 Å².